The van der Waals surface area contributed by atoms with Gasteiger partial charge in [0, 0.05) is 25.1 Å². The van der Waals surface area contributed by atoms with E-state index in [-0.39, 0.29) is 12.0 Å². The molecule has 1 fully saturated rings. The Balaban J connectivity index is 1.70. The number of aryl methyl sites for hydroxylation is 1. The Morgan fingerprint density at radius 1 is 1.23 bits per heavy atom. The van der Waals surface area contributed by atoms with Gasteiger partial charge in [0.15, 0.2) is 0 Å². The topological polar surface area (TPSA) is 56.6 Å². The first-order valence-corrected chi connectivity index (χ1v) is 10.8. The highest BCUT2D eigenvalue weighted by molar-refractivity contribution is 6.30. The number of para-hydroxylation sites is 1. The van der Waals surface area contributed by atoms with Gasteiger partial charge in [0.25, 0.3) is 0 Å². The Labute approximate surface area is 187 Å². The summed E-state index contributed by atoms with van der Waals surface area (Å²) in [6, 6.07) is 17.0. The second kappa shape index (κ2) is 9.54. The lowest BCUT2D eigenvalue weighted by Gasteiger charge is -2.24. The summed E-state index contributed by atoms with van der Waals surface area (Å²) < 4.78 is 13.8. The standard InChI is InChI=1S/C24H26ClN3O3/c1-17-23(16-27(18(2)29)15-22-9-6-14-30-22)24(31-21-12-10-19(25)11-13-21)28(26-17)20-7-4-3-5-8-20/h3-5,7-8,10-13,22H,6,9,14-16H2,1-2H3/t22-/m1/s1. The zero-order valence-electron chi connectivity index (χ0n) is 17.8. The zero-order chi connectivity index (χ0) is 21.8. The second-order valence-electron chi connectivity index (χ2n) is 7.71. The molecule has 31 heavy (non-hydrogen) atoms. The monoisotopic (exact) mass is 439 g/mol. The van der Waals surface area contributed by atoms with Crippen molar-refractivity contribution in [3.8, 4) is 17.3 Å². The van der Waals surface area contributed by atoms with Gasteiger partial charge in [-0.1, -0.05) is 29.8 Å². The molecule has 0 bridgehead atoms. The fourth-order valence-corrected chi connectivity index (χ4v) is 3.84. The third-order valence-electron chi connectivity index (χ3n) is 5.41. The number of hydrogen-bond acceptors (Lipinski definition) is 4. The minimum Gasteiger partial charge on any atom is -0.439 e. The fraction of sp³-hybridized carbons (Fsp3) is 0.333. The van der Waals surface area contributed by atoms with Gasteiger partial charge in [0.1, 0.15) is 5.75 Å². The maximum atomic E-state index is 12.4. The number of aromatic nitrogens is 2. The predicted octanol–water partition coefficient (Wildman–Crippen LogP) is 5.15. The van der Waals surface area contributed by atoms with E-state index in [0.717, 1.165) is 36.4 Å². The SMILES string of the molecule is CC(=O)N(Cc1c(C)nn(-c2ccccc2)c1Oc1ccc(Cl)cc1)C[C@H]1CCCO1. The average Bonchev–Trinajstić information content (AvgIpc) is 3.38. The molecule has 6 nitrogen and oxygen atoms in total. The molecule has 0 spiro atoms. The van der Waals surface area contributed by atoms with Crippen molar-refractivity contribution in [1.29, 1.82) is 0 Å². The van der Waals surface area contributed by atoms with Crippen molar-refractivity contribution in [1.82, 2.24) is 14.7 Å². The summed E-state index contributed by atoms with van der Waals surface area (Å²) in [6.45, 7) is 5.24. The highest BCUT2D eigenvalue weighted by Gasteiger charge is 2.25. The van der Waals surface area contributed by atoms with Gasteiger partial charge in [-0.2, -0.15) is 5.10 Å². The number of carbonyl (C=O) groups excluding carboxylic acids is 1. The van der Waals surface area contributed by atoms with E-state index < -0.39 is 0 Å². The van der Waals surface area contributed by atoms with Gasteiger partial charge >= 0.3 is 0 Å². The Bertz CT molecular complexity index is 1030. The average molecular weight is 440 g/mol. The molecule has 0 unspecified atom stereocenters. The largest absolute Gasteiger partial charge is 0.439 e. The molecule has 3 aromatic rings. The molecule has 2 aromatic carbocycles. The van der Waals surface area contributed by atoms with Crippen LogP contribution in [0.1, 0.15) is 31.0 Å². The van der Waals surface area contributed by atoms with Crippen LogP contribution in [0.25, 0.3) is 5.69 Å². The van der Waals surface area contributed by atoms with Crippen LogP contribution in [0.5, 0.6) is 11.6 Å². The molecule has 1 atom stereocenters. The number of ether oxygens (including phenoxy) is 2. The minimum atomic E-state index is -0.000181. The van der Waals surface area contributed by atoms with Gasteiger partial charge in [-0.05, 0) is 56.2 Å². The van der Waals surface area contributed by atoms with Gasteiger partial charge in [-0.25, -0.2) is 4.68 Å². The first kappa shape index (κ1) is 21.4. The van der Waals surface area contributed by atoms with E-state index in [4.69, 9.17) is 26.2 Å². The first-order chi connectivity index (χ1) is 15.0. The van der Waals surface area contributed by atoms with Gasteiger partial charge in [0.05, 0.1) is 29.6 Å². The van der Waals surface area contributed by atoms with E-state index in [1.165, 1.54) is 0 Å². The lowest BCUT2D eigenvalue weighted by Crippen LogP contribution is -2.35. The van der Waals surface area contributed by atoms with E-state index in [2.05, 4.69) is 0 Å². The van der Waals surface area contributed by atoms with Crippen LogP contribution in [0.2, 0.25) is 5.02 Å². The van der Waals surface area contributed by atoms with Crippen molar-refractivity contribution in [2.75, 3.05) is 13.2 Å². The van der Waals surface area contributed by atoms with Crippen molar-refractivity contribution in [3.05, 3.63) is 70.9 Å². The van der Waals surface area contributed by atoms with Crippen molar-refractivity contribution < 1.29 is 14.3 Å². The number of carbonyl (C=O) groups is 1. The zero-order valence-corrected chi connectivity index (χ0v) is 18.5. The molecule has 1 aliphatic heterocycles. The summed E-state index contributed by atoms with van der Waals surface area (Å²) in [4.78, 5) is 14.2. The summed E-state index contributed by atoms with van der Waals surface area (Å²) in [5.41, 5.74) is 2.56. The van der Waals surface area contributed by atoms with Gasteiger partial charge in [-0.15, -0.1) is 0 Å². The van der Waals surface area contributed by atoms with Crippen LogP contribution in [0.15, 0.2) is 54.6 Å². The van der Waals surface area contributed by atoms with Crippen molar-refractivity contribution in [3.63, 3.8) is 0 Å². The molecule has 2 heterocycles. The Morgan fingerprint density at radius 2 is 1.97 bits per heavy atom. The van der Waals surface area contributed by atoms with Crippen LogP contribution >= 0.6 is 11.6 Å². The summed E-state index contributed by atoms with van der Waals surface area (Å²) in [7, 11) is 0. The molecule has 162 valence electrons. The van der Waals surface area contributed by atoms with Gasteiger partial charge in [0.2, 0.25) is 11.8 Å². The normalized spacial score (nSPS) is 15.8. The van der Waals surface area contributed by atoms with Crippen LogP contribution in [0, 0.1) is 6.92 Å². The van der Waals surface area contributed by atoms with E-state index in [0.29, 0.717) is 29.7 Å². The van der Waals surface area contributed by atoms with Crippen molar-refractivity contribution >= 4 is 17.5 Å². The maximum absolute atomic E-state index is 12.4. The van der Waals surface area contributed by atoms with E-state index >= 15 is 0 Å². The summed E-state index contributed by atoms with van der Waals surface area (Å²) in [5, 5.41) is 5.37. The highest BCUT2D eigenvalue weighted by Crippen LogP contribution is 2.32. The second-order valence-corrected chi connectivity index (χ2v) is 8.14. The Hall–Kier alpha value is -2.83. The van der Waals surface area contributed by atoms with E-state index in [1.807, 2.05) is 54.3 Å². The molecule has 1 saturated heterocycles. The first-order valence-electron chi connectivity index (χ1n) is 10.5. The molecule has 0 N–H and O–H groups in total. The van der Waals surface area contributed by atoms with E-state index in [9.17, 15) is 4.79 Å². The smallest absolute Gasteiger partial charge is 0.227 e. The summed E-state index contributed by atoms with van der Waals surface area (Å²) in [6.07, 6.45) is 2.08. The number of amides is 1. The third-order valence-corrected chi connectivity index (χ3v) is 5.66. The number of rotatable bonds is 7. The molecular formula is C24H26ClN3O3. The predicted molar refractivity (Wildman–Crippen MR) is 120 cm³/mol. The number of benzene rings is 2. The number of halogens is 1. The third kappa shape index (κ3) is 5.09. The number of hydrogen-bond donors (Lipinski definition) is 0. The fourth-order valence-electron chi connectivity index (χ4n) is 3.71. The molecule has 0 radical (unpaired) electrons. The minimum absolute atomic E-state index is 0.000181. The van der Waals surface area contributed by atoms with Crippen molar-refractivity contribution in [2.24, 2.45) is 0 Å². The van der Waals surface area contributed by atoms with Crippen LogP contribution in [0.4, 0.5) is 0 Å². The maximum Gasteiger partial charge on any atom is 0.227 e. The van der Waals surface area contributed by atoms with Crippen LogP contribution in [-0.2, 0) is 16.1 Å². The molecule has 7 heteroatoms. The van der Waals surface area contributed by atoms with Crippen LogP contribution in [-0.4, -0.2) is 39.8 Å². The van der Waals surface area contributed by atoms with Crippen molar-refractivity contribution in [2.45, 2.75) is 39.3 Å². The molecular weight excluding hydrogens is 414 g/mol. The molecule has 1 amide bonds. The molecule has 1 aromatic heterocycles. The van der Waals surface area contributed by atoms with Gasteiger partial charge in [-0.3, -0.25) is 4.79 Å². The van der Waals surface area contributed by atoms with Crippen LogP contribution in [0.3, 0.4) is 0 Å². The van der Waals surface area contributed by atoms with E-state index in [1.54, 1.807) is 23.7 Å². The quantitative estimate of drug-likeness (QED) is 0.510. The van der Waals surface area contributed by atoms with Gasteiger partial charge < -0.3 is 14.4 Å². The summed E-state index contributed by atoms with van der Waals surface area (Å²) in [5.74, 6) is 1.24. The van der Waals surface area contributed by atoms with Crippen LogP contribution < -0.4 is 4.74 Å². The lowest BCUT2D eigenvalue weighted by atomic mass is 10.2. The lowest BCUT2D eigenvalue weighted by molar-refractivity contribution is -0.131. The Morgan fingerprint density at radius 3 is 2.61 bits per heavy atom. The number of nitrogens with zero attached hydrogens (tertiary/aromatic N) is 3. The molecule has 0 saturated carbocycles. The molecule has 1 aliphatic rings. The molecule has 4 rings (SSSR count). The highest BCUT2D eigenvalue weighted by atomic mass is 35.5. The summed E-state index contributed by atoms with van der Waals surface area (Å²) >= 11 is 6.03. The molecule has 0 aliphatic carbocycles. The Kier molecular flexibility index (Phi) is 6.59.